The van der Waals surface area contributed by atoms with E-state index in [4.69, 9.17) is 4.74 Å². The Kier molecular flexibility index (Phi) is 6.08. The number of thioether (sulfide) groups is 1. The summed E-state index contributed by atoms with van der Waals surface area (Å²) in [7, 11) is 1.44. The first kappa shape index (κ1) is 18.1. The molecule has 0 spiro atoms. The fourth-order valence-corrected chi connectivity index (χ4v) is 2.73. The fourth-order valence-electron chi connectivity index (χ4n) is 1.92. The molecule has 1 N–H and O–H groups in total. The van der Waals surface area contributed by atoms with Crippen molar-refractivity contribution in [2.45, 2.75) is 5.75 Å². The summed E-state index contributed by atoms with van der Waals surface area (Å²) in [5, 5.41) is 2.16. The van der Waals surface area contributed by atoms with Gasteiger partial charge in [0.15, 0.2) is 17.5 Å². The third kappa shape index (κ3) is 4.41. The van der Waals surface area contributed by atoms with E-state index in [9.17, 15) is 22.4 Å². The van der Waals surface area contributed by atoms with Crippen LogP contribution in [0.2, 0.25) is 0 Å². The van der Waals surface area contributed by atoms with E-state index in [1.54, 1.807) is 0 Å². The van der Waals surface area contributed by atoms with E-state index in [0.717, 1.165) is 23.9 Å². The third-order valence-electron chi connectivity index (χ3n) is 3.04. The first-order valence-corrected chi connectivity index (χ1v) is 7.91. The van der Waals surface area contributed by atoms with E-state index < -0.39 is 34.9 Å². The summed E-state index contributed by atoms with van der Waals surface area (Å²) in [5.74, 6) is -4.79. The second kappa shape index (κ2) is 8.05. The summed E-state index contributed by atoms with van der Waals surface area (Å²) in [6.07, 6.45) is 0. The third-order valence-corrected chi connectivity index (χ3v) is 4.02. The van der Waals surface area contributed by atoms with Gasteiger partial charge in [-0.2, -0.15) is 0 Å². The van der Waals surface area contributed by atoms with Gasteiger partial charge in [-0.1, -0.05) is 0 Å². The van der Waals surface area contributed by atoms with Crippen LogP contribution < -0.4 is 10.1 Å². The molecule has 8 heteroatoms. The molecule has 0 aromatic heterocycles. The summed E-state index contributed by atoms with van der Waals surface area (Å²) in [6.45, 7) is 0. The average Bonchev–Trinajstić information content (AvgIpc) is 2.56. The van der Waals surface area contributed by atoms with Crippen molar-refractivity contribution in [3.63, 3.8) is 0 Å². The van der Waals surface area contributed by atoms with Gasteiger partial charge in [-0.05, 0) is 30.3 Å². The number of methoxy groups -OCH3 is 1. The number of hydrogen-bond donors (Lipinski definition) is 1. The Balaban J connectivity index is 1.93. The van der Waals surface area contributed by atoms with E-state index in [0.29, 0.717) is 11.3 Å². The summed E-state index contributed by atoms with van der Waals surface area (Å²) < 4.78 is 57.7. The zero-order valence-corrected chi connectivity index (χ0v) is 13.4. The van der Waals surface area contributed by atoms with Gasteiger partial charge in [-0.3, -0.25) is 4.79 Å². The molecule has 0 heterocycles. The molecule has 0 saturated heterocycles. The Hall–Kier alpha value is -2.22. The van der Waals surface area contributed by atoms with E-state index in [1.807, 2.05) is 0 Å². The molecule has 24 heavy (non-hydrogen) atoms. The molecule has 0 atom stereocenters. The van der Waals surface area contributed by atoms with Gasteiger partial charge in [-0.25, -0.2) is 17.6 Å². The fraction of sp³-hybridized carbons (Fsp3) is 0.188. The predicted molar refractivity (Wildman–Crippen MR) is 84.1 cm³/mol. The van der Waals surface area contributed by atoms with Gasteiger partial charge in [0.2, 0.25) is 5.91 Å². The Morgan fingerprint density at radius 2 is 1.88 bits per heavy atom. The number of carbonyl (C=O) groups excluding carboxylic acids is 1. The van der Waals surface area contributed by atoms with Gasteiger partial charge >= 0.3 is 0 Å². The van der Waals surface area contributed by atoms with Crippen molar-refractivity contribution in [3.8, 4) is 5.75 Å². The van der Waals surface area contributed by atoms with Crippen LogP contribution in [0.15, 0.2) is 30.3 Å². The molecule has 2 aromatic rings. The van der Waals surface area contributed by atoms with Gasteiger partial charge in [0, 0.05) is 11.3 Å². The number of anilines is 1. The van der Waals surface area contributed by atoms with Crippen LogP contribution in [0, 0.1) is 23.3 Å². The average molecular weight is 359 g/mol. The van der Waals surface area contributed by atoms with Crippen molar-refractivity contribution < 1.29 is 27.1 Å². The molecule has 0 unspecified atom stereocenters. The molecule has 128 valence electrons. The predicted octanol–water partition coefficient (Wildman–Crippen LogP) is 4.12. The largest absolute Gasteiger partial charge is 0.496 e. The topological polar surface area (TPSA) is 38.3 Å². The molecule has 0 aliphatic carbocycles. The van der Waals surface area contributed by atoms with E-state index in [-0.39, 0.29) is 11.5 Å². The van der Waals surface area contributed by atoms with Crippen LogP contribution >= 0.6 is 11.8 Å². The standard InChI is InChI=1S/C16H13F4NO2S/c1-23-13-5-2-10(17)6-9(13)7-24-8-14(22)21-12-4-3-11(18)15(19)16(12)20/h2-6H,7-8H2,1H3,(H,21,22). The summed E-state index contributed by atoms with van der Waals surface area (Å²) >= 11 is 1.14. The summed E-state index contributed by atoms with van der Waals surface area (Å²) in [6, 6.07) is 5.68. The van der Waals surface area contributed by atoms with Crippen LogP contribution in [-0.2, 0) is 10.5 Å². The van der Waals surface area contributed by atoms with Crippen LogP contribution in [0.25, 0.3) is 0 Å². The molecule has 0 aliphatic heterocycles. The van der Waals surface area contributed by atoms with Gasteiger partial charge in [0.05, 0.1) is 18.6 Å². The molecular weight excluding hydrogens is 346 g/mol. The Morgan fingerprint density at radius 3 is 2.58 bits per heavy atom. The number of hydrogen-bond acceptors (Lipinski definition) is 3. The maximum Gasteiger partial charge on any atom is 0.234 e. The van der Waals surface area contributed by atoms with Crippen molar-refractivity contribution >= 4 is 23.4 Å². The second-order valence-corrected chi connectivity index (χ2v) is 5.71. The molecule has 0 bridgehead atoms. The molecular formula is C16H13F4NO2S. The maximum absolute atomic E-state index is 13.5. The minimum absolute atomic E-state index is 0.0852. The van der Waals surface area contributed by atoms with Crippen LogP contribution in [0.3, 0.4) is 0 Å². The number of nitrogens with one attached hydrogen (secondary N) is 1. The van der Waals surface area contributed by atoms with Crippen LogP contribution in [0.5, 0.6) is 5.75 Å². The molecule has 0 saturated carbocycles. The van der Waals surface area contributed by atoms with E-state index >= 15 is 0 Å². The lowest BCUT2D eigenvalue weighted by Gasteiger charge is -2.09. The minimum atomic E-state index is -1.65. The number of halogens is 4. The number of carbonyl (C=O) groups is 1. The quantitative estimate of drug-likeness (QED) is 0.623. The number of benzene rings is 2. The Labute approximate surface area is 140 Å². The first-order chi connectivity index (χ1) is 11.4. The van der Waals surface area contributed by atoms with Crippen molar-refractivity contribution in [2.75, 3.05) is 18.2 Å². The molecule has 3 nitrogen and oxygen atoms in total. The monoisotopic (exact) mass is 359 g/mol. The zero-order chi connectivity index (χ0) is 17.7. The molecule has 2 rings (SSSR count). The number of ether oxygens (including phenoxy) is 1. The van der Waals surface area contributed by atoms with Crippen molar-refractivity contribution in [2.24, 2.45) is 0 Å². The highest BCUT2D eigenvalue weighted by atomic mass is 32.2. The Morgan fingerprint density at radius 1 is 1.12 bits per heavy atom. The van der Waals surface area contributed by atoms with Crippen LogP contribution in [0.1, 0.15) is 5.56 Å². The lowest BCUT2D eigenvalue weighted by molar-refractivity contribution is -0.113. The first-order valence-electron chi connectivity index (χ1n) is 6.76. The second-order valence-electron chi connectivity index (χ2n) is 4.72. The van der Waals surface area contributed by atoms with Crippen LogP contribution in [0.4, 0.5) is 23.2 Å². The van der Waals surface area contributed by atoms with Gasteiger partial charge in [-0.15, -0.1) is 11.8 Å². The molecule has 2 aromatic carbocycles. The Bertz CT molecular complexity index is 755. The zero-order valence-electron chi connectivity index (χ0n) is 12.5. The normalized spacial score (nSPS) is 10.5. The van der Waals surface area contributed by atoms with Gasteiger partial charge in [0.25, 0.3) is 0 Å². The van der Waals surface area contributed by atoms with Crippen LogP contribution in [-0.4, -0.2) is 18.8 Å². The van der Waals surface area contributed by atoms with E-state index in [2.05, 4.69) is 5.32 Å². The van der Waals surface area contributed by atoms with Crippen molar-refractivity contribution in [1.29, 1.82) is 0 Å². The number of amides is 1. The van der Waals surface area contributed by atoms with Crippen molar-refractivity contribution in [1.82, 2.24) is 0 Å². The lowest BCUT2D eigenvalue weighted by atomic mass is 10.2. The molecule has 0 fully saturated rings. The highest BCUT2D eigenvalue weighted by Gasteiger charge is 2.15. The van der Waals surface area contributed by atoms with Gasteiger partial charge in [0.1, 0.15) is 11.6 Å². The number of rotatable bonds is 6. The highest BCUT2D eigenvalue weighted by Crippen LogP contribution is 2.24. The maximum atomic E-state index is 13.5. The molecule has 0 aliphatic rings. The van der Waals surface area contributed by atoms with Crippen molar-refractivity contribution in [3.05, 3.63) is 59.2 Å². The molecule has 0 radical (unpaired) electrons. The SMILES string of the molecule is COc1ccc(F)cc1CSCC(=O)Nc1ccc(F)c(F)c1F. The summed E-state index contributed by atoms with van der Waals surface area (Å²) in [5.41, 5.74) is 0.122. The van der Waals surface area contributed by atoms with Gasteiger partial charge < -0.3 is 10.1 Å². The smallest absolute Gasteiger partial charge is 0.234 e. The molecule has 1 amide bonds. The summed E-state index contributed by atoms with van der Waals surface area (Å²) in [4.78, 5) is 11.8. The lowest BCUT2D eigenvalue weighted by Crippen LogP contribution is -2.16. The minimum Gasteiger partial charge on any atom is -0.496 e. The van der Waals surface area contributed by atoms with E-state index in [1.165, 1.54) is 25.3 Å². The highest BCUT2D eigenvalue weighted by molar-refractivity contribution is 7.99.